The van der Waals surface area contributed by atoms with E-state index >= 15 is 0 Å². The minimum Gasteiger partial charge on any atom is -0.371 e. The molecule has 1 aliphatic heterocycles. The lowest BCUT2D eigenvalue weighted by Crippen LogP contribution is -2.37. The first kappa shape index (κ1) is 11.5. The van der Waals surface area contributed by atoms with E-state index in [2.05, 4.69) is 60.9 Å². The van der Waals surface area contributed by atoms with Crippen LogP contribution in [0.5, 0.6) is 0 Å². The predicted molar refractivity (Wildman–Crippen MR) is 76.5 cm³/mol. The van der Waals surface area contributed by atoms with Crippen LogP contribution >= 0.6 is 15.9 Å². The molecule has 0 aliphatic carbocycles. The molecule has 18 heavy (non-hydrogen) atoms. The van der Waals surface area contributed by atoms with E-state index in [9.17, 15) is 0 Å². The Morgan fingerprint density at radius 3 is 2.44 bits per heavy atom. The van der Waals surface area contributed by atoms with E-state index in [4.69, 9.17) is 0 Å². The Bertz CT molecular complexity index is 555. The molecule has 92 valence electrons. The molecule has 0 unspecified atom stereocenters. The van der Waals surface area contributed by atoms with E-state index in [0.717, 1.165) is 29.2 Å². The van der Waals surface area contributed by atoms with Gasteiger partial charge in [0.2, 0.25) is 5.95 Å². The van der Waals surface area contributed by atoms with E-state index in [1.165, 1.54) is 5.69 Å². The number of nitrogens with zero attached hydrogens (tertiary/aromatic N) is 4. The molecule has 0 spiro atoms. The summed E-state index contributed by atoms with van der Waals surface area (Å²) in [5.41, 5.74) is 2.38. The number of likely N-dealkylation sites (N-methyl/N-ethyl adjacent to an activating group) is 1. The topological polar surface area (TPSA) is 32.3 Å². The molecular weight excluding hydrogens is 292 g/mol. The minimum atomic E-state index is 0.749. The van der Waals surface area contributed by atoms with Gasteiger partial charge in [0.1, 0.15) is 0 Å². The summed E-state index contributed by atoms with van der Waals surface area (Å²) >= 11 is 3.36. The number of benzene rings is 1. The molecule has 0 N–H and O–H groups in total. The second kappa shape index (κ2) is 4.57. The van der Waals surface area contributed by atoms with Crippen LogP contribution in [-0.2, 0) is 0 Å². The molecule has 5 heteroatoms. The van der Waals surface area contributed by atoms with E-state index in [-0.39, 0.29) is 0 Å². The largest absolute Gasteiger partial charge is 0.371 e. The average Bonchev–Trinajstić information content (AvgIpc) is 2.41. The number of hydrogen-bond donors (Lipinski definition) is 0. The Hall–Kier alpha value is -1.62. The highest BCUT2D eigenvalue weighted by Crippen LogP contribution is 2.35. The quantitative estimate of drug-likeness (QED) is 0.811. The molecule has 0 saturated heterocycles. The van der Waals surface area contributed by atoms with Gasteiger partial charge in [-0.1, -0.05) is 12.1 Å². The number of anilines is 3. The Morgan fingerprint density at radius 2 is 1.72 bits per heavy atom. The zero-order chi connectivity index (χ0) is 12.5. The van der Waals surface area contributed by atoms with Crippen LogP contribution in [0.25, 0.3) is 0 Å². The van der Waals surface area contributed by atoms with E-state index in [0.29, 0.717) is 0 Å². The zero-order valence-electron chi connectivity index (χ0n) is 10.0. The Labute approximate surface area is 114 Å². The van der Waals surface area contributed by atoms with Gasteiger partial charge in [-0.15, -0.1) is 0 Å². The van der Waals surface area contributed by atoms with Crippen LogP contribution < -0.4 is 9.80 Å². The highest BCUT2D eigenvalue weighted by atomic mass is 79.9. The van der Waals surface area contributed by atoms with Crippen LogP contribution in [0.2, 0.25) is 0 Å². The van der Waals surface area contributed by atoms with Gasteiger partial charge in [-0.2, -0.15) is 0 Å². The molecule has 2 heterocycles. The van der Waals surface area contributed by atoms with Gasteiger partial charge >= 0.3 is 0 Å². The van der Waals surface area contributed by atoms with Crippen LogP contribution in [0, 0.1) is 0 Å². The summed E-state index contributed by atoms with van der Waals surface area (Å²) in [6.07, 6.45) is 3.56. The van der Waals surface area contributed by atoms with E-state index in [1.807, 2.05) is 6.07 Å². The molecule has 0 atom stereocenters. The van der Waals surface area contributed by atoms with Crippen molar-refractivity contribution in [1.29, 1.82) is 0 Å². The minimum absolute atomic E-state index is 0.749. The molecule has 4 nitrogen and oxygen atoms in total. The number of aromatic nitrogens is 2. The van der Waals surface area contributed by atoms with Crippen molar-refractivity contribution in [2.24, 2.45) is 0 Å². The average molecular weight is 305 g/mol. The molecule has 0 radical (unpaired) electrons. The predicted octanol–water partition coefficient (Wildman–Crippen LogP) is 2.83. The van der Waals surface area contributed by atoms with Gasteiger partial charge in [-0.25, -0.2) is 9.97 Å². The first-order valence-corrected chi connectivity index (χ1v) is 6.60. The number of hydrogen-bond acceptors (Lipinski definition) is 4. The lowest BCUT2D eigenvalue weighted by molar-refractivity contribution is 0.801. The maximum absolute atomic E-state index is 4.38. The van der Waals surface area contributed by atoms with Gasteiger partial charge in [0.05, 0.1) is 15.8 Å². The third kappa shape index (κ3) is 1.95. The van der Waals surface area contributed by atoms with Crippen molar-refractivity contribution in [2.45, 2.75) is 0 Å². The van der Waals surface area contributed by atoms with Crippen molar-refractivity contribution in [3.8, 4) is 0 Å². The third-order valence-electron chi connectivity index (χ3n) is 3.09. The van der Waals surface area contributed by atoms with Crippen LogP contribution in [-0.4, -0.2) is 30.1 Å². The molecular formula is C13H13BrN4. The van der Waals surface area contributed by atoms with Crippen molar-refractivity contribution < 1.29 is 0 Å². The number of rotatable bonds is 1. The second-order valence-corrected chi connectivity index (χ2v) is 5.18. The second-order valence-electron chi connectivity index (χ2n) is 4.26. The number of fused-ring (bicyclic) bond motifs is 1. The standard InChI is InChI=1S/C13H13BrN4/c1-17-6-7-18(12-5-3-2-4-11(12)17)13-15-8-10(14)9-16-13/h2-5,8-9H,6-7H2,1H3. The lowest BCUT2D eigenvalue weighted by atomic mass is 10.2. The summed E-state index contributed by atoms with van der Waals surface area (Å²) in [4.78, 5) is 13.2. The van der Waals surface area contributed by atoms with Gasteiger partial charge in [-0.3, -0.25) is 0 Å². The Balaban J connectivity index is 2.04. The highest BCUT2D eigenvalue weighted by Gasteiger charge is 2.22. The van der Waals surface area contributed by atoms with Gasteiger partial charge in [0.15, 0.2) is 0 Å². The normalized spacial score (nSPS) is 14.6. The molecule has 0 saturated carbocycles. The van der Waals surface area contributed by atoms with Gasteiger partial charge < -0.3 is 9.80 Å². The van der Waals surface area contributed by atoms with Gasteiger partial charge in [0.25, 0.3) is 0 Å². The monoisotopic (exact) mass is 304 g/mol. The molecule has 3 rings (SSSR count). The SMILES string of the molecule is CN1CCN(c2ncc(Br)cn2)c2ccccc21. The smallest absolute Gasteiger partial charge is 0.230 e. The van der Waals surface area contributed by atoms with Crippen molar-refractivity contribution in [3.05, 3.63) is 41.1 Å². The maximum Gasteiger partial charge on any atom is 0.230 e. The fraction of sp³-hybridized carbons (Fsp3) is 0.231. The van der Waals surface area contributed by atoms with Crippen molar-refractivity contribution in [2.75, 3.05) is 29.9 Å². The highest BCUT2D eigenvalue weighted by molar-refractivity contribution is 9.10. The molecule has 0 amide bonds. The Kier molecular flexibility index (Phi) is 2.91. The van der Waals surface area contributed by atoms with E-state index in [1.54, 1.807) is 12.4 Å². The first-order valence-electron chi connectivity index (χ1n) is 5.81. The van der Waals surface area contributed by atoms with Crippen LogP contribution in [0.4, 0.5) is 17.3 Å². The van der Waals surface area contributed by atoms with E-state index < -0.39 is 0 Å². The molecule has 0 fully saturated rings. The van der Waals surface area contributed by atoms with Gasteiger partial charge in [-0.05, 0) is 28.1 Å². The van der Waals surface area contributed by atoms with Crippen molar-refractivity contribution in [3.63, 3.8) is 0 Å². The maximum atomic E-state index is 4.38. The summed E-state index contributed by atoms with van der Waals surface area (Å²) in [5.74, 6) is 0.749. The van der Waals surface area contributed by atoms with Crippen LogP contribution in [0.3, 0.4) is 0 Å². The molecule has 1 aliphatic rings. The number of para-hydroxylation sites is 2. The fourth-order valence-electron chi connectivity index (χ4n) is 2.16. The summed E-state index contributed by atoms with van der Waals surface area (Å²) in [5, 5.41) is 0. The van der Waals surface area contributed by atoms with Gasteiger partial charge in [0, 0.05) is 32.5 Å². The fourth-order valence-corrected chi connectivity index (χ4v) is 2.36. The summed E-state index contributed by atoms with van der Waals surface area (Å²) < 4.78 is 0.897. The molecule has 0 bridgehead atoms. The molecule has 1 aromatic heterocycles. The summed E-state index contributed by atoms with van der Waals surface area (Å²) in [6.45, 7) is 1.87. The van der Waals surface area contributed by atoms with Crippen LogP contribution in [0.1, 0.15) is 0 Å². The zero-order valence-corrected chi connectivity index (χ0v) is 11.6. The molecule has 2 aromatic rings. The Morgan fingerprint density at radius 1 is 1.06 bits per heavy atom. The van der Waals surface area contributed by atoms with Crippen molar-refractivity contribution >= 4 is 33.3 Å². The molecule has 1 aromatic carbocycles. The lowest BCUT2D eigenvalue weighted by Gasteiger charge is -2.35. The van der Waals surface area contributed by atoms with Crippen LogP contribution in [0.15, 0.2) is 41.1 Å². The summed E-state index contributed by atoms with van der Waals surface area (Å²) in [6, 6.07) is 8.34. The van der Waals surface area contributed by atoms with Crippen molar-refractivity contribution in [1.82, 2.24) is 9.97 Å². The number of halogens is 1. The summed E-state index contributed by atoms with van der Waals surface area (Å²) in [7, 11) is 2.11. The third-order valence-corrected chi connectivity index (χ3v) is 3.50. The first-order chi connectivity index (χ1) is 8.75.